The van der Waals surface area contributed by atoms with Crippen molar-refractivity contribution < 1.29 is 19.1 Å². The number of carbonyl (C=O) groups is 2. The number of amides is 2. The van der Waals surface area contributed by atoms with Crippen LogP contribution in [0.1, 0.15) is 40.0 Å². The Bertz CT molecular complexity index is 811. The van der Waals surface area contributed by atoms with E-state index in [1.807, 2.05) is 4.90 Å². The molecule has 1 fully saturated rings. The predicted molar refractivity (Wildman–Crippen MR) is 104 cm³/mol. The second kappa shape index (κ2) is 8.58. The summed E-state index contributed by atoms with van der Waals surface area (Å²) in [5, 5.41) is 2.83. The fraction of sp³-hybridized carbons (Fsp3) is 0.333. The first-order valence-corrected chi connectivity index (χ1v) is 9.05. The normalized spacial score (nSPS) is 13.8. The Morgan fingerprint density at radius 2 is 1.48 bits per heavy atom. The van der Waals surface area contributed by atoms with Crippen LogP contribution in [0.5, 0.6) is 11.5 Å². The van der Waals surface area contributed by atoms with E-state index in [1.165, 1.54) is 6.42 Å². The molecule has 0 unspecified atom stereocenters. The minimum absolute atomic E-state index is 0.0292. The molecule has 2 aromatic carbocycles. The van der Waals surface area contributed by atoms with Crippen molar-refractivity contribution in [1.82, 2.24) is 4.90 Å². The molecular weight excluding hydrogens is 344 g/mol. The summed E-state index contributed by atoms with van der Waals surface area (Å²) in [5.74, 6) is 0.912. The number of nitrogens with one attached hydrogen (secondary N) is 1. The van der Waals surface area contributed by atoms with Gasteiger partial charge in [0, 0.05) is 36.0 Å². The molecule has 1 heterocycles. The summed E-state index contributed by atoms with van der Waals surface area (Å²) < 4.78 is 10.4. The first kappa shape index (κ1) is 18.8. The maximum Gasteiger partial charge on any atom is 0.255 e. The average molecular weight is 368 g/mol. The minimum Gasteiger partial charge on any atom is -0.493 e. The van der Waals surface area contributed by atoms with Crippen LogP contribution in [0.25, 0.3) is 0 Å². The van der Waals surface area contributed by atoms with E-state index in [0.29, 0.717) is 28.3 Å². The van der Waals surface area contributed by atoms with E-state index in [4.69, 9.17) is 9.47 Å². The fourth-order valence-electron chi connectivity index (χ4n) is 3.16. The molecule has 1 aliphatic rings. The van der Waals surface area contributed by atoms with Crippen molar-refractivity contribution >= 4 is 17.5 Å². The topological polar surface area (TPSA) is 67.9 Å². The van der Waals surface area contributed by atoms with E-state index in [2.05, 4.69) is 5.32 Å². The molecule has 6 heteroatoms. The molecule has 1 aliphatic heterocycles. The summed E-state index contributed by atoms with van der Waals surface area (Å²) in [6, 6.07) is 11.9. The minimum atomic E-state index is -0.251. The van der Waals surface area contributed by atoms with Crippen molar-refractivity contribution in [3.63, 3.8) is 0 Å². The summed E-state index contributed by atoms with van der Waals surface area (Å²) in [6.45, 7) is 1.61. The number of rotatable bonds is 5. The van der Waals surface area contributed by atoms with Gasteiger partial charge in [0.25, 0.3) is 11.8 Å². The Morgan fingerprint density at radius 3 is 2.11 bits per heavy atom. The monoisotopic (exact) mass is 368 g/mol. The molecule has 142 valence electrons. The maximum atomic E-state index is 12.5. The molecule has 2 aromatic rings. The third kappa shape index (κ3) is 4.39. The van der Waals surface area contributed by atoms with Gasteiger partial charge in [-0.25, -0.2) is 0 Å². The van der Waals surface area contributed by atoms with E-state index in [9.17, 15) is 9.59 Å². The van der Waals surface area contributed by atoms with Gasteiger partial charge in [0.2, 0.25) is 0 Å². The van der Waals surface area contributed by atoms with Crippen molar-refractivity contribution in [3.05, 3.63) is 53.6 Å². The highest BCUT2D eigenvalue weighted by Gasteiger charge is 2.18. The van der Waals surface area contributed by atoms with Crippen LogP contribution in [0.4, 0.5) is 5.69 Å². The molecule has 0 saturated carbocycles. The van der Waals surface area contributed by atoms with Crippen molar-refractivity contribution in [2.75, 3.05) is 32.6 Å². The third-order valence-corrected chi connectivity index (χ3v) is 4.68. The Kier molecular flexibility index (Phi) is 5.96. The second-order valence-electron chi connectivity index (χ2n) is 6.45. The number of hydrogen-bond donors (Lipinski definition) is 1. The summed E-state index contributed by atoms with van der Waals surface area (Å²) in [4.78, 5) is 26.9. The standard InChI is InChI=1S/C21H24N2O4/c1-26-18-11-10-17(14-19(18)27-2)22-20(24)15-6-8-16(9-7-15)21(25)23-12-4-3-5-13-23/h6-11,14H,3-5,12-13H2,1-2H3,(H,22,24). The smallest absolute Gasteiger partial charge is 0.255 e. The summed E-state index contributed by atoms with van der Waals surface area (Å²) in [6.07, 6.45) is 3.29. The zero-order chi connectivity index (χ0) is 19.2. The number of anilines is 1. The predicted octanol–water partition coefficient (Wildman–Crippen LogP) is 3.58. The third-order valence-electron chi connectivity index (χ3n) is 4.68. The van der Waals surface area contributed by atoms with Crippen molar-refractivity contribution in [3.8, 4) is 11.5 Å². The lowest BCUT2D eigenvalue weighted by molar-refractivity contribution is 0.0724. The molecule has 0 atom stereocenters. The Morgan fingerprint density at radius 1 is 0.852 bits per heavy atom. The molecule has 1 saturated heterocycles. The highest BCUT2D eigenvalue weighted by Crippen LogP contribution is 2.29. The van der Waals surface area contributed by atoms with Crippen molar-refractivity contribution in [1.29, 1.82) is 0 Å². The zero-order valence-corrected chi connectivity index (χ0v) is 15.7. The SMILES string of the molecule is COc1ccc(NC(=O)c2ccc(C(=O)N3CCCCC3)cc2)cc1OC. The van der Waals surface area contributed by atoms with Gasteiger partial charge in [-0.2, -0.15) is 0 Å². The summed E-state index contributed by atoms with van der Waals surface area (Å²) >= 11 is 0. The molecule has 6 nitrogen and oxygen atoms in total. The first-order valence-electron chi connectivity index (χ1n) is 9.05. The molecule has 0 radical (unpaired) electrons. The molecule has 3 rings (SSSR count). The zero-order valence-electron chi connectivity index (χ0n) is 15.7. The van der Waals surface area contributed by atoms with Crippen LogP contribution in [-0.4, -0.2) is 44.0 Å². The molecular formula is C21H24N2O4. The Labute approximate surface area is 159 Å². The number of nitrogens with zero attached hydrogens (tertiary/aromatic N) is 1. The Balaban J connectivity index is 1.68. The molecule has 27 heavy (non-hydrogen) atoms. The molecule has 1 N–H and O–H groups in total. The Hall–Kier alpha value is -3.02. The van der Waals surface area contributed by atoms with Gasteiger partial charge < -0.3 is 19.7 Å². The number of carbonyl (C=O) groups excluding carboxylic acids is 2. The van der Waals surface area contributed by atoms with Gasteiger partial charge >= 0.3 is 0 Å². The van der Waals surface area contributed by atoms with Crippen LogP contribution in [-0.2, 0) is 0 Å². The number of hydrogen-bond acceptors (Lipinski definition) is 4. The lowest BCUT2D eigenvalue weighted by Gasteiger charge is -2.26. The molecule has 0 aliphatic carbocycles. The van der Waals surface area contributed by atoms with E-state index in [0.717, 1.165) is 25.9 Å². The average Bonchev–Trinajstić information content (AvgIpc) is 2.73. The largest absolute Gasteiger partial charge is 0.493 e. The number of methoxy groups -OCH3 is 2. The van der Waals surface area contributed by atoms with Gasteiger partial charge in [-0.15, -0.1) is 0 Å². The van der Waals surface area contributed by atoms with Gasteiger partial charge in [0.05, 0.1) is 14.2 Å². The lowest BCUT2D eigenvalue weighted by Crippen LogP contribution is -2.35. The molecule has 0 aromatic heterocycles. The van der Waals surface area contributed by atoms with E-state index >= 15 is 0 Å². The summed E-state index contributed by atoms with van der Waals surface area (Å²) in [7, 11) is 3.10. The van der Waals surface area contributed by atoms with Crippen LogP contribution in [0, 0.1) is 0 Å². The molecule has 0 bridgehead atoms. The van der Waals surface area contributed by atoms with Crippen LogP contribution < -0.4 is 14.8 Å². The van der Waals surface area contributed by atoms with Crippen LogP contribution in [0.15, 0.2) is 42.5 Å². The van der Waals surface area contributed by atoms with Gasteiger partial charge in [0.15, 0.2) is 11.5 Å². The van der Waals surface area contributed by atoms with Gasteiger partial charge in [-0.3, -0.25) is 9.59 Å². The maximum absolute atomic E-state index is 12.5. The first-order chi connectivity index (χ1) is 13.1. The number of benzene rings is 2. The number of likely N-dealkylation sites (tertiary alicyclic amines) is 1. The van der Waals surface area contributed by atoms with Crippen molar-refractivity contribution in [2.24, 2.45) is 0 Å². The highest BCUT2D eigenvalue weighted by molar-refractivity contribution is 6.05. The fourth-order valence-corrected chi connectivity index (χ4v) is 3.16. The van der Waals surface area contributed by atoms with Crippen LogP contribution in [0.2, 0.25) is 0 Å². The highest BCUT2D eigenvalue weighted by atomic mass is 16.5. The van der Waals surface area contributed by atoms with Crippen LogP contribution in [0.3, 0.4) is 0 Å². The van der Waals surface area contributed by atoms with Crippen molar-refractivity contribution in [2.45, 2.75) is 19.3 Å². The number of piperidine rings is 1. The summed E-state index contributed by atoms with van der Waals surface area (Å²) in [5.41, 5.74) is 1.70. The quantitative estimate of drug-likeness (QED) is 0.876. The van der Waals surface area contributed by atoms with Crippen LogP contribution >= 0.6 is 0 Å². The molecule has 0 spiro atoms. The van der Waals surface area contributed by atoms with E-state index in [-0.39, 0.29) is 11.8 Å². The van der Waals surface area contributed by atoms with Gasteiger partial charge in [-0.05, 0) is 55.7 Å². The second-order valence-corrected chi connectivity index (χ2v) is 6.45. The van der Waals surface area contributed by atoms with E-state index in [1.54, 1.807) is 56.7 Å². The lowest BCUT2D eigenvalue weighted by atomic mass is 10.1. The van der Waals surface area contributed by atoms with E-state index < -0.39 is 0 Å². The number of ether oxygens (including phenoxy) is 2. The van der Waals surface area contributed by atoms with Gasteiger partial charge in [0.1, 0.15) is 0 Å². The molecule has 2 amide bonds. The van der Waals surface area contributed by atoms with Gasteiger partial charge in [-0.1, -0.05) is 0 Å².